The zero-order chi connectivity index (χ0) is 57.3. The summed E-state index contributed by atoms with van der Waals surface area (Å²) in [5, 5.41) is 26.6. The molecule has 2 atom stereocenters. The van der Waals surface area contributed by atoms with E-state index in [1.54, 1.807) is 0 Å². The smallest absolute Gasteiger partial charge is 0.257 e. The average Bonchev–Trinajstić information content (AvgIpc) is 4.03. The first-order valence-electron chi connectivity index (χ1n) is 25.1. The minimum Gasteiger partial charge on any atom is -0.506 e. The summed E-state index contributed by atoms with van der Waals surface area (Å²) < 4.78 is 20.5. The van der Waals surface area contributed by atoms with Crippen molar-refractivity contribution in [3.8, 4) is 34.4 Å². The van der Waals surface area contributed by atoms with E-state index in [0.29, 0.717) is 44.7 Å². The lowest BCUT2D eigenvalue weighted by Crippen LogP contribution is -2.51. The van der Waals surface area contributed by atoms with E-state index in [1.807, 2.05) is 12.1 Å². The van der Waals surface area contributed by atoms with Gasteiger partial charge >= 0.3 is 0 Å². The van der Waals surface area contributed by atoms with Crippen molar-refractivity contribution in [2.24, 2.45) is 9.49 Å². The molecule has 2 aromatic heterocycles. The number of Topliss-reactive ketones (excluding diaryl/α,β-unsaturated/α-hetero) is 2. The topological polar surface area (TPSA) is 265 Å². The van der Waals surface area contributed by atoms with Gasteiger partial charge in [-0.25, -0.2) is 19.5 Å². The molecule has 20 heteroatoms. The molecule has 2 heterocycles. The summed E-state index contributed by atoms with van der Waals surface area (Å²) in [7, 11) is 10.7. The zero-order valence-corrected chi connectivity index (χ0v) is 49.8. The Labute approximate surface area is 462 Å². The molecule has 0 fully saturated rings. The van der Waals surface area contributed by atoms with Crippen molar-refractivity contribution in [1.29, 1.82) is 0 Å². The molecule has 0 aliphatic carbocycles. The highest BCUT2D eigenvalue weighted by molar-refractivity contribution is 7.28. The second-order valence-electron chi connectivity index (χ2n) is 21.2. The number of benzene rings is 6. The van der Waals surface area contributed by atoms with Crippen molar-refractivity contribution in [2.45, 2.75) is 92.9 Å². The highest BCUT2D eigenvalue weighted by Gasteiger charge is 2.27. The van der Waals surface area contributed by atoms with E-state index >= 15 is 0 Å². The lowest BCUT2D eigenvalue weighted by atomic mass is 9.81. The third kappa shape index (κ3) is 12.7. The van der Waals surface area contributed by atoms with Crippen molar-refractivity contribution in [3.05, 3.63) is 128 Å². The fraction of sp³-hybridized carbons (Fsp3) is 0.276. The minimum atomic E-state index is -0.672. The molecule has 78 heavy (non-hydrogen) atoms. The molecular weight excluding hydrogens is 1060 g/mol. The van der Waals surface area contributed by atoms with E-state index in [4.69, 9.17) is 18.8 Å². The minimum absolute atomic E-state index is 0.0172. The number of quaternary nitrogens is 2. The number of nitrogens with zero attached hydrogens (tertiary/aromatic N) is 4. The van der Waals surface area contributed by atoms with Gasteiger partial charge in [0.25, 0.3) is 11.8 Å². The molecule has 2 amide bonds. The Balaban J connectivity index is 0.000000227. The van der Waals surface area contributed by atoms with Crippen LogP contribution >= 0.6 is 36.5 Å². The van der Waals surface area contributed by atoms with Crippen LogP contribution in [0.2, 0.25) is 0 Å². The summed E-state index contributed by atoms with van der Waals surface area (Å²) in [4.78, 5) is 59.6. The van der Waals surface area contributed by atoms with Gasteiger partial charge in [0.1, 0.15) is 22.5 Å². The van der Waals surface area contributed by atoms with Crippen LogP contribution in [-0.4, -0.2) is 56.7 Å². The molecule has 0 aliphatic rings. The normalized spacial score (nSPS) is 11.6. The molecular formula is C58H66N8O8P4+2. The summed E-state index contributed by atoms with van der Waals surface area (Å²) in [5.41, 5.74) is 21.8. The van der Waals surface area contributed by atoms with Gasteiger partial charge in [-0.15, -0.1) is 18.5 Å². The predicted molar refractivity (Wildman–Crippen MR) is 320 cm³/mol. The SMILES string of the molecule is CC(=O)c1cc(N=P)c(C(=O)Nc2cc(NC(=O)c3cc(N=P)c(C(C)=O)cc3P)c(O)cc2O)cc1P.Cc1cc(C(C)(C)C)c(-c2nc3cc4nc(-c5cc(C(C)(C)C)c(C)cc5CC[NH3+])oc4cc3o2)cc1CC[NH3+]. The molecule has 404 valence electrons. The largest absolute Gasteiger partial charge is 0.506 e. The number of aryl methyl sites for hydroxylation is 2. The number of aromatic hydroxyl groups is 2. The van der Waals surface area contributed by atoms with Crippen molar-refractivity contribution < 1.29 is 49.7 Å². The first-order valence-corrected chi connectivity index (χ1v) is 27.1. The van der Waals surface area contributed by atoms with E-state index < -0.39 is 23.3 Å². The molecule has 0 bridgehead atoms. The van der Waals surface area contributed by atoms with Gasteiger partial charge in [0, 0.05) is 52.8 Å². The number of phenols is 2. The number of rotatable bonds is 14. The van der Waals surface area contributed by atoms with Crippen molar-refractivity contribution >= 4 is 115 Å². The Morgan fingerprint density at radius 2 is 1.06 bits per heavy atom. The van der Waals surface area contributed by atoms with Gasteiger partial charge in [-0.3, -0.25) is 19.2 Å². The Morgan fingerprint density at radius 1 is 0.577 bits per heavy atom. The van der Waals surface area contributed by atoms with Gasteiger partial charge < -0.3 is 41.1 Å². The Bertz CT molecular complexity index is 3710. The lowest BCUT2D eigenvalue weighted by molar-refractivity contribution is -0.367. The molecule has 0 saturated carbocycles. The van der Waals surface area contributed by atoms with Crippen LogP contribution < -0.4 is 32.7 Å². The number of ketones is 2. The van der Waals surface area contributed by atoms with Gasteiger partial charge in [0.15, 0.2) is 22.7 Å². The summed E-state index contributed by atoms with van der Waals surface area (Å²) in [5.74, 6) is -1.44. The Morgan fingerprint density at radius 3 is 1.59 bits per heavy atom. The van der Waals surface area contributed by atoms with Crippen molar-refractivity contribution in [3.63, 3.8) is 0 Å². The number of anilines is 2. The molecule has 10 N–H and O–H groups in total. The van der Waals surface area contributed by atoms with E-state index in [1.165, 1.54) is 77.6 Å². The molecule has 2 unspecified atom stereocenters. The number of fused-ring (bicyclic) bond motifs is 2. The molecule has 0 saturated heterocycles. The van der Waals surface area contributed by atoms with Gasteiger partial charge in [0.05, 0.1) is 41.4 Å². The highest BCUT2D eigenvalue weighted by Crippen LogP contribution is 2.40. The molecule has 6 aromatic carbocycles. The van der Waals surface area contributed by atoms with E-state index in [9.17, 15) is 29.4 Å². The standard InChI is InChI=1S/C34H42N4O2.C24H22N4O6P4/c1-19-14-26(34(6,7)8)24(15-21(19)9-11-35)32-38-28-17-27-29(18-30(28)40-32)39-31(37-27)23-16-25(33(3,4)5)20(2)13-22(23)10-12-36;1-9(29)11-5-22(36)14(4-15(11)27-37)24(34)26-18-7-17(19(31)8-20(18)32)25-23(33)13-6-21(35)12(10(2)30)3-16(13)28-38/h13-18H,9-12,35-36H2,1-8H3;3-8,31-32,37-38H,35-36H2,1-2H3,(H,25,33)(H,26,34)/p+2. The van der Waals surface area contributed by atoms with Crippen molar-refractivity contribution in [1.82, 2.24) is 9.97 Å². The molecule has 0 radical (unpaired) electrons. The summed E-state index contributed by atoms with van der Waals surface area (Å²) in [6, 6.07) is 20.9. The summed E-state index contributed by atoms with van der Waals surface area (Å²) in [6.07, 6.45) is 1.80. The number of carbonyl (C=O) groups is 4. The van der Waals surface area contributed by atoms with Gasteiger partial charge in [-0.05, 0) is 149 Å². The van der Waals surface area contributed by atoms with E-state index in [2.05, 4.69) is 148 Å². The Kier molecular flexibility index (Phi) is 17.8. The van der Waals surface area contributed by atoms with E-state index in [-0.39, 0.29) is 56.3 Å². The monoisotopic (exact) mass is 1130 g/mol. The van der Waals surface area contributed by atoms with Crippen LogP contribution in [-0.2, 0) is 23.7 Å². The number of hydrogen-bond donors (Lipinski definition) is 6. The maximum Gasteiger partial charge on any atom is 0.257 e. The molecule has 16 nitrogen and oxygen atoms in total. The first-order chi connectivity index (χ1) is 36.7. The summed E-state index contributed by atoms with van der Waals surface area (Å²) >= 11 is 0. The van der Waals surface area contributed by atoms with Crippen LogP contribution in [0.4, 0.5) is 22.7 Å². The maximum atomic E-state index is 13.0. The van der Waals surface area contributed by atoms with Crippen LogP contribution in [0.1, 0.15) is 130 Å². The number of amides is 2. The van der Waals surface area contributed by atoms with Gasteiger partial charge in [-0.2, -0.15) is 0 Å². The average molecular weight is 1130 g/mol. The van der Waals surface area contributed by atoms with Crippen LogP contribution in [0.15, 0.2) is 91.1 Å². The first kappa shape index (κ1) is 58.8. The molecule has 0 spiro atoms. The predicted octanol–water partition coefficient (Wildman–Crippen LogP) is 11.0. The second-order valence-corrected chi connectivity index (χ2v) is 22.9. The number of phenolic OH excluding ortho intramolecular Hbond substituents is 2. The zero-order valence-electron chi connectivity index (χ0n) is 45.5. The van der Waals surface area contributed by atoms with E-state index in [0.717, 1.165) is 54.2 Å². The van der Waals surface area contributed by atoms with Gasteiger partial charge in [0.2, 0.25) is 11.8 Å². The molecule has 0 aliphatic heterocycles. The fourth-order valence-electron chi connectivity index (χ4n) is 9.28. The van der Waals surface area contributed by atoms with Crippen LogP contribution in [0.25, 0.3) is 45.1 Å². The Hall–Kier alpha value is -6.88. The van der Waals surface area contributed by atoms with Crippen molar-refractivity contribution in [2.75, 3.05) is 23.7 Å². The third-order valence-electron chi connectivity index (χ3n) is 13.2. The quantitative estimate of drug-likeness (QED) is 0.0259. The molecule has 8 aromatic rings. The molecule has 8 rings (SSSR count). The number of hydrogen-bond acceptors (Lipinski definition) is 12. The number of nitrogens with one attached hydrogen (secondary N) is 2. The lowest BCUT2D eigenvalue weighted by Gasteiger charge is -2.23. The van der Waals surface area contributed by atoms with Gasteiger partial charge in [-0.1, -0.05) is 53.7 Å². The second kappa shape index (κ2) is 23.6. The van der Waals surface area contributed by atoms with Crippen LogP contribution in [0.3, 0.4) is 0 Å². The number of carbonyl (C=O) groups excluding carboxylic acids is 4. The highest BCUT2D eigenvalue weighted by atomic mass is 31.0. The third-order valence-corrected chi connectivity index (χ3v) is 14.7. The number of aromatic nitrogens is 2. The number of oxazole rings is 2. The van der Waals surface area contributed by atoms with Crippen LogP contribution in [0.5, 0.6) is 11.5 Å². The van der Waals surface area contributed by atoms with Crippen LogP contribution in [0, 0.1) is 13.8 Å². The maximum absolute atomic E-state index is 13.0. The summed E-state index contributed by atoms with van der Waals surface area (Å²) in [6.45, 7) is 22.2. The fourth-order valence-corrected chi connectivity index (χ4v) is 10.5.